The predicted molar refractivity (Wildman–Crippen MR) is 79.0 cm³/mol. The van der Waals surface area contributed by atoms with Gasteiger partial charge in [0.05, 0.1) is 5.69 Å². The highest BCUT2D eigenvalue weighted by Crippen LogP contribution is 2.20. The lowest BCUT2D eigenvalue weighted by Crippen LogP contribution is -2.05. The highest BCUT2D eigenvalue weighted by Gasteiger charge is 2.05. The smallest absolute Gasteiger partial charge is 0.234 e. The quantitative estimate of drug-likeness (QED) is 0.422. The number of benzene rings is 1. The van der Waals surface area contributed by atoms with Crippen molar-refractivity contribution >= 4 is 34.1 Å². The molecule has 0 unspecified atom stereocenters. The third-order valence-corrected chi connectivity index (χ3v) is 3.18. The molecule has 5 nitrogen and oxygen atoms in total. The minimum absolute atomic E-state index is 0.700. The van der Waals surface area contributed by atoms with Crippen LogP contribution in [0.3, 0.4) is 0 Å². The first-order valence-corrected chi connectivity index (χ1v) is 6.41. The van der Waals surface area contributed by atoms with Gasteiger partial charge < -0.3 is 5.43 Å². The van der Waals surface area contributed by atoms with E-state index in [9.17, 15) is 0 Å². The molecule has 0 aliphatic rings. The summed E-state index contributed by atoms with van der Waals surface area (Å²) in [6.45, 7) is 0. The van der Waals surface area contributed by atoms with E-state index >= 15 is 0 Å². The van der Waals surface area contributed by atoms with Gasteiger partial charge in [-0.3, -0.25) is 10.2 Å². The molecule has 3 aromatic rings. The molecular formula is C12H10IN5. The average Bonchev–Trinajstić information content (AvgIpc) is 2.81. The highest BCUT2D eigenvalue weighted by molar-refractivity contribution is 14.1. The Morgan fingerprint density at radius 3 is 2.67 bits per heavy atom. The van der Waals surface area contributed by atoms with Gasteiger partial charge in [-0.15, -0.1) is 0 Å². The fourth-order valence-electron chi connectivity index (χ4n) is 1.74. The first-order chi connectivity index (χ1) is 8.76. The molecule has 0 aliphatic carbocycles. The molecule has 0 saturated heterocycles. The Balaban J connectivity index is 2.07. The number of rotatable bonds is 2. The van der Waals surface area contributed by atoms with Gasteiger partial charge in [-0.2, -0.15) is 0 Å². The Hall–Kier alpha value is -1.67. The van der Waals surface area contributed by atoms with Crippen LogP contribution in [-0.2, 0) is 0 Å². The van der Waals surface area contributed by atoms with Crippen LogP contribution in [0.5, 0.6) is 0 Å². The second-order valence-electron chi connectivity index (χ2n) is 3.83. The van der Waals surface area contributed by atoms with E-state index in [0.717, 1.165) is 20.5 Å². The summed E-state index contributed by atoms with van der Waals surface area (Å²) in [4.78, 5) is 8.75. The van der Waals surface area contributed by atoms with Gasteiger partial charge in [0, 0.05) is 33.4 Å². The van der Waals surface area contributed by atoms with Gasteiger partial charge in [0.15, 0.2) is 0 Å². The maximum absolute atomic E-state index is 5.34. The summed E-state index contributed by atoms with van der Waals surface area (Å²) in [7, 11) is 0. The summed E-state index contributed by atoms with van der Waals surface area (Å²) in [6, 6.07) is 7.77. The molecule has 0 bridgehead atoms. The summed E-state index contributed by atoms with van der Waals surface area (Å²) in [6.07, 6.45) is 5.76. The van der Waals surface area contributed by atoms with Crippen LogP contribution in [0.15, 0.2) is 42.9 Å². The van der Waals surface area contributed by atoms with Crippen LogP contribution in [0.1, 0.15) is 0 Å². The molecule has 3 N–H and O–H groups in total. The minimum Gasteiger partial charge on any atom is -0.324 e. The van der Waals surface area contributed by atoms with Gasteiger partial charge in [-0.1, -0.05) is 12.1 Å². The highest BCUT2D eigenvalue weighted by atomic mass is 127. The van der Waals surface area contributed by atoms with E-state index in [1.165, 1.54) is 0 Å². The molecule has 0 fully saturated rings. The van der Waals surface area contributed by atoms with E-state index in [4.69, 9.17) is 5.84 Å². The molecule has 0 saturated carbocycles. The first-order valence-electron chi connectivity index (χ1n) is 5.33. The summed E-state index contributed by atoms with van der Waals surface area (Å²) < 4.78 is 3.00. The van der Waals surface area contributed by atoms with E-state index in [1.807, 2.05) is 41.1 Å². The van der Waals surface area contributed by atoms with Crippen LogP contribution < -0.4 is 11.3 Å². The van der Waals surface area contributed by atoms with E-state index in [1.54, 1.807) is 6.20 Å². The number of nitrogens with one attached hydrogen (secondary N) is 1. The summed E-state index contributed by atoms with van der Waals surface area (Å²) in [5.74, 6) is 6.04. The van der Waals surface area contributed by atoms with Gasteiger partial charge in [0.25, 0.3) is 0 Å². The zero-order valence-electron chi connectivity index (χ0n) is 9.34. The maximum Gasteiger partial charge on any atom is 0.234 e. The number of hydrazine groups is 1. The Kier molecular flexibility index (Phi) is 2.88. The molecule has 6 heteroatoms. The van der Waals surface area contributed by atoms with Crippen molar-refractivity contribution in [3.05, 3.63) is 46.4 Å². The van der Waals surface area contributed by atoms with Crippen LogP contribution in [0, 0.1) is 3.57 Å². The molecule has 18 heavy (non-hydrogen) atoms. The number of aromatic nitrogens is 3. The van der Waals surface area contributed by atoms with Crippen molar-refractivity contribution in [2.24, 2.45) is 5.84 Å². The second-order valence-corrected chi connectivity index (χ2v) is 5.07. The number of nitrogens with zero attached hydrogens (tertiary/aromatic N) is 3. The topological polar surface area (TPSA) is 68.2 Å². The molecule has 90 valence electrons. The number of halogens is 1. The van der Waals surface area contributed by atoms with Crippen LogP contribution in [0.25, 0.3) is 17.0 Å². The summed E-state index contributed by atoms with van der Waals surface area (Å²) >= 11 is 2.23. The summed E-state index contributed by atoms with van der Waals surface area (Å²) in [5.41, 5.74) is 5.40. The molecule has 0 amide bonds. The number of fused-ring (bicyclic) bond motifs is 1. The lowest BCUT2D eigenvalue weighted by molar-refractivity contribution is 1.09. The number of hydrogen-bond acceptors (Lipinski definition) is 4. The Bertz CT molecular complexity index is 689. The largest absolute Gasteiger partial charge is 0.324 e. The zero-order chi connectivity index (χ0) is 12.5. The molecule has 0 atom stereocenters. The number of nitrogen functional groups attached to an aromatic ring is 1. The van der Waals surface area contributed by atoms with Crippen molar-refractivity contribution in [2.75, 3.05) is 5.43 Å². The first kappa shape index (κ1) is 11.4. The molecule has 0 aliphatic heterocycles. The normalized spacial score (nSPS) is 10.8. The van der Waals surface area contributed by atoms with Crippen molar-refractivity contribution in [1.29, 1.82) is 0 Å². The van der Waals surface area contributed by atoms with Crippen LogP contribution in [0.4, 0.5) is 5.69 Å². The van der Waals surface area contributed by atoms with Crippen molar-refractivity contribution in [1.82, 2.24) is 14.4 Å². The minimum atomic E-state index is 0.700. The van der Waals surface area contributed by atoms with Gasteiger partial charge in [-0.25, -0.2) is 9.97 Å². The van der Waals surface area contributed by atoms with Crippen LogP contribution in [0.2, 0.25) is 0 Å². The SMILES string of the molecule is NNc1ccc(-c2cn3cc(I)cnc3n2)cc1. The monoisotopic (exact) mass is 351 g/mol. The van der Waals surface area contributed by atoms with Crippen molar-refractivity contribution in [3.8, 4) is 11.3 Å². The lowest BCUT2D eigenvalue weighted by Gasteiger charge is -2.00. The zero-order valence-corrected chi connectivity index (χ0v) is 11.5. The fraction of sp³-hybridized carbons (Fsp3) is 0. The Labute approximate surface area is 117 Å². The van der Waals surface area contributed by atoms with E-state index in [0.29, 0.717) is 5.78 Å². The molecule has 0 spiro atoms. The Morgan fingerprint density at radius 2 is 1.94 bits per heavy atom. The molecule has 2 aromatic heterocycles. The fourth-order valence-corrected chi connectivity index (χ4v) is 2.18. The second kappa shape index (κ2) is 4.54. The lowest BCUT2D eigenvalue weighted by atomic mass is 10.1. The van der Waals surface area contributed by atoms with E-state index in [-0.39, 0.29) is 0 Å². The molecule has 1 aromatic carbocycles. The third kappa shape index (κ3) is 2.04. The number of imidazole rings is 1. The van der Waals surface area contributed by atoms with Crippen LogP contribution in [-0.4, -0.2) is 14.4 Å². The Morgan fingerprint density at radius 1 is 1.17 bits per heavy atom. The third-order valence-electron chi connectivity index (χ3n) is 2.63. The molecular weight excluding hydrogens is 341 g/mol. The molecule has 3 rings (SSSR count). The van der Waals surface area contributed by atoms with Gasteiger partial charge in [0.2, 0.25) is 5.78 Å². The summed E-state index contributed by atoms with van der Waals surface area (Å²) in [5, 5.41) is 0. The van der Waals surface area contributed by atoms with Crippen LogP contribution >= 0.6 is 22.6 Å². The van der Waals surface area contributed by atoms with Crippen molar-refractivity contribution < 1.29 is 0 Å². The average molecular weight is 351 g/mol. The predicted octanol–water partition coefficient (Wildman–Crippen LogP) is 2.29. The number of hydrogen-bond donors (Lipinski definition) is 2. The van der Waals surface area contributed by atoms with Crippen molar-refractivity contribution in [3.63, 3.8) is 0 Å². The van der Waals surface area contributed by atoms with Crippen molar-refractivity contribution in [2.45, 2.75) is 0 Å². The molecule has 2 heterocycles. The van der Waals surface area contributed by atoms with E-state index < -0.39 is 0 Å². The maximum atomic E-state index is 5.34. The standard InChI is InChI=1S/C12H10IN5/c13-9-5-15-12-16-11(7-18(12)6-9)8-1-3-10(17-14)4-2-8/h1-7,17H,14H2. The van der Waals surface area contributed by atoms with Gasteiger partial charge in [0.1, 0.15) is 0 Å². The van der Waals surface area contributed by atoms with Gasteiger partial charge >= 0.3 is 0 Å². The van der Waals surface area contributed by atoms with Gasteiger partial charge in [-0.05, 0) is 34.7 Å². The number of anilines is 1. The van der Waals surface area contributed by atoms with E-state index in [2.05, 4.69) is 38.0 Å². The number of nitrogens with two attached hydrogens (primary N) is 1. The molecule has 0 radical (unpaired) electrons.